The molecule has 0 aromatic heterocycles. The normalized spacial score (nSPS) is 11.3. The number of rotatable bonds is 4. The van der Waals surface area contributed by atoms with Crippen molar-refractivity contribution in [2.24, 2.45) is 0 Å². The summed E-state index contributed by atoms with van der Waals surface area (Å²) in [6.45, 7) is 14.0. The predicted octanol–water partition coefficient (Wildman–Crippen LogP) is 7.51. The first-order valence-electron chi connectivity index (χ1n) is 7.96. The standard InChI is InChI=1S/C19H17I.C4H8/c1-4-15(3)19(20)18(16-8-6-5-7-9-16)17-12-10-14(2)11-13-17;1-3-4-2/h4-13H,1,3H2,2H3;3-4H,1-2H3/b19-18-;4-3-. The molecule has 0 aliphatic heterocycles. The van der Waals surface area contributed by atoms with Crippen LogP contribution in [0.15, 0.2) is 95.1 Å². The average Bonchev–Trinajstić information content (AvgIpc) is 2.63. The molecule has 1 heteroatoms. The zero-order valence-corrected chi connectivity index (χ0v) is 16.9. The van der Waals surface area contributed by atoms with Crippen LogP contribution in [0.5, 0.6) is 0 Å². The lowest BCUT2D eigenvalue weighted by molar-refractivity contribution is 1.44. The lowest BCUT2D eigenvalue weighted by Gasteiger charge is -2.13. The van der Waals surface area contributed by atoms with Crippen LogP contribution < -0.4 is 0 Å². The van der Waals surface area contributed by atoms with Crippen LogP contribution in [0.2, 0.25) is 0 Å². The lowest BCUT2D eigenvalue weighted by atomic mass is 9.95. The van der Waals surface area contributed by atoms with E-state index in [-0.39, 0.29) is 0 Å². The summed E-state index contributed by atoms with van der Waals surface area (Å²) in [5.41, 5.74) is 5.82. The van der Waals surface area contributed by atoms with E-state index in [1.807, 2.05) is 32.1 Å². The summed E-state index contributed by atoms with van der Waals surface area (Å²) in [4.78, 5) is 0. The minimum Gasteiger partial charge on any atom is -0.0985 e. The van der Waals surface area contributed by atoms with Crippen molar-refractivity contribution in [3.63, 3.8) is 0 Å². The fourth-order valence-corrected chi connectivity index (χ4v) is 2.84. The number of allylic oxidation sites excluding steroid dienone is 5. The van der Waals surface area contributed by atoms with Crippen LogP contribution >= 0.6 is 22.6 Å². The Hall–Kier alpha value is -1.87. The quantitative estimate of drug-likeness (QED) is 0.269. The molecule has 0 heterocycles. The number of benzene rings is 2. The number of hydrogen-bond donors (Lipinski definition) is 0. The minimum atomic E-state index is 0.949. The molecule has 0 atom stereocenters. The third-order valence-corrected chi connectivity index (χ3v) is 4.72. The van der Waals surface area contributed by atoms with E-state index in [0.717, 1.165) is 9.15 Å². The van der Waals surface area contributed by atoms with Gasteiger partial charge in [-0.3, -0.25) is 0 Å². The van der Waals surface area contributed by atoms with Gasteiger partial charge in [-0.2, -0.15) is 0 Å². The highest BCUT2D eigenvalue weighted by atomic mass is 127. The Bertz CT molecular complexity index is 712. The Morgan fingerprint density at radius 2 is 1.38 bits per heavy atom. The van der Waals surface area contributed by atoms with Crippen molar-refractivity contribution in [2.45, 2.75) is 20.8 Å². The average molecular weight is 428 g/mol. The molecule has 0 fully saturated rings. The highest BCUT2D eigenvalue weighted by molar-refractivity contribution is 14.1. The molecule has 0 radical (unpaired) electrons. The van der Waals surface area contributed by atoms with E-state index in [2.05, 4.69) is 91.2 Å². The van der Waals surface area contributed by atoms with Gasteiger partial charge in [-0.05, 0) is 60.1 Å². The van der Waals surface area contributed by atoms with E-state index < -0.39 is 0 Å². The van der Waals surface area contributed by atoms with E-state index >= 15 is 0 Å². The Balaban J connectivity index is 0.000000648. The molecular formula is C23H25I. The molecule has 0 N–H and O–H groups in total. The van der Waals surface area contributed by atoms with Gasteiger partial charge in [0, 0.05) is 9.15 Å². The summed E-state index contributed by atoms with van der Waals surface area (Å²) in [5, 5.41) is 0. The maximum Gasteiger partial charge on any atom is 0.0281 e. The third-order valence-electron chi connectivity index (χ3n) is 3.48. The summed E-state index contributed by atoms with van der Waals surface area (Å²) in [6.07, 6.45) is 5.80. The largest absolute Gasteiger partial charge is 0.0985 e. The van der Waals surface area contributed by atoms with E-state index in [4.69, 9.17) is 0 Å². The van der Waals surface area contributed by atoms with Crippen LogP contribution in [0, 0.1) is 6.92 Å². The molecule has 0 saturated carbocycles. The Kier molecular flexibility index (Phi) is 9.10. The van der Waals surface area contributed by atoms with Crippen molar-refractivity contribution in [1.29, 1.82) is 0 Å². The summed E-state index contributed by atoms with van der Waals surface area (Å²) in [7, 11) is 0. The number of hydrogen-bond acceptors (Lipinski definition) is 0. The SMILES string of the molecule is C/C=C\C.C=CC(=C)/C(I)=C(\c1ccccc1)c1ccc(C)cc1. The molecule has 0 spiro atoms. The van der Waals surface area contributed by atoms with Gasteiger partial charge in [-0.15, -0.1) is 0 Å². The van der Waals surface area contributed by atoms with E-state index in [1.54, 1.807) is 6.08 Å². The van der Waals surface area contributed by atoms with Crippen LogP contribution in [0.4, 0.5) is 0 Å². The molecule has 2 aromatic rings. The van der Waals surface area contributed by atoms with Gasteiger partial charge in [0.2, 0.25) is 0 Å². The highest BCUT2D eigenvalue weighted by Crippen LogP contribution is 2.34. The molecule has 0 amide bonds. The van der Waals surface area contributed by atoms with Crippen LogP contribution in [0.1, 0.15) is 30.5 Å². The van der Waals surface area contributed by atoms with Gasteiger partial charge in [0.25, 0.3) is 0 Å². The van der Waals surface area contributed by atoms with Crippen LogP contribution in [-0.4, -0.2) is 0 Å². The molecule has 0 aliphatic rings. The van der Waals surface area contributed by atoms with Crippen molar-refractivity contribution >= 4 is 28.2 Å². The molecule has 0 bridgehead atoms. The second kappa shape index (κ2) is 10.8. The van der Waals surface area contributed by atoms with Crippen molar-refractivity contribution in [1.82, 2.24) is 0 Å². The predicted molar refractivity (Wildman–Crippen MR) is 117 cm³/mol. The topological polar surface area (TPSA) is 0 Å². The van der Waals surface area contributed by atoms with Crippen LogP contribution in [0.3, 0.4) is 0 Å². The van der Waals surface area contributed by atoms with Gasteiger partial charge in [-0.1, -0.05) is 91.5 Å². The molecule has 2 rings (SSSR count). The molecule has 0 aliphatic carbocycles. The van der Waals surface area contributed by atoms with Gasteiger partial charge >= 0.3 is 0 Å². The molecule has 2 aromatic carbocycles. The van der Waals surface area contributed by atoms with Gasteiger partial charge in [-0.25, -0.2) is 0 Å². The molecule has 0 nitrogen and oxygen atoms in total. The molecular weight excluding hydrogens is 403 g/mol. The van der Waals surface area contributed by atoms with Gasteiger partial charge in [0.15, 0.2) is 0 Å². The summed E-state index contributed by atoms with van der Waals surface area (Å²) < 4.78 is 1.13. The second-order valence-corrected chi connectivity index (χ2v) is 6.40. The van der Waals surface area contributed by atoms with E-state index in [9.17, 15) is 0 Å². The molecule has 24 heavy (non-hydrogen) atoms. The third kappa shape index (κ3) is 5.97. The van der Waals surface area contributed by atoms with Gasteiger partial charge in [0.05, 0.1) is 0 Å². The van der Waals surface area contributed by atoms with Crippen molar-refractivity contribution < 1.29 is 0 Å². The molecule has 124 valence electrons. The number of halogens is 1. The fourth-order valence-electron chi connectivity index (χ4n) is 2.00. The van der Waals surface area contributed by atoms with E-state index in [0.29, 0.717) is 0 Å². The highest BCUT2D eigenvalue weighted by Gasteiger charge is 2.11. The molecule has 0 unspecified atom stereocenters. The second-order valence-electron chi connectivity index (χ2n) is 5.32. The maximum atomic E-state index is 4.08. The minimum absolute atomic E-state index is 0.949. The Labute approximate surface area is 160 Å². The lowest BCUT2D eigenvalue weighted by Crippen LogP contribution is -1.92. The summed E-state index contributed by atoms with van der Waals surface area (Å²) >= 11 is 2.35. The summed E-state index contributed by atoms with van der Waals surface area (Å²) in [5.74, 6) is 0. The Morgan fingerprint density at radius 3 is 1.83 bits per heavy atom. The van der Waals surface area contributed by atoms with Crippen molar-refractivity contribution in [3.05, 3.63) is 112 Å². The zero-order chi connectivity index (χ0) is 17.9. The maximum absolute atomic E-state index is 4.08. The first-order valence-corrected chi connectivity index (χ1v) is 9.04. The van der Waals surface area contributed by atoms with Crippen LogP contribution in [-0.2, 0) is 0 Å². The van der Waals surface area contributed by atoms with Gasteiger partial charge < -0.3 is 0 Å². The number of aryl methyl sites for hydroxylation is 1. The van der Waals surface area contributed by atoms with E-state index in [1.165, 1.54) is 22.3 Å². The zero-order valence-electron chi connectivity index (χ0n) is 14.7. The van der Waals surface area contributed by atoms with Crippen molar-refractivity contribution in [3.8, 4) is 0 Å². The fraction of sp³-hybridized carbons (Fsp3) is 0.130. The van der Waals surface area contributed by atoms with Crippen LogP contribution in [0.25, 0.3) is 5.57 Å². The van der Waals surface area contributed by atoms with Crippen molar-refractivity contribution in [2.75, 3.05) is 0 Å². The van der Waals surface area contributed by atoms with Gasteiger partial charge in [0.1, 0.15) is 0 Å². The first kappa shape index (κ1) is 20.2. The molecule has 0 saturated heterocycles. The summed E-state index contributed by atoms with van der Waals surface area (Å²) in [6, 6.07) is 19.0. The Morgan fingerprint density at radius 1 is 0.875 bits per heavy atom. The first-order chi connectivity index (χ1) is 11.5. The smallest absolute Gasteiger partial charge is 0.0281 e. The monoisotopic (exact) mass is 428 g/mol.